The second kappa shape index (κ2) is 6.70. The van der Waals surface area contributed by atoms with E-state index in [1.807, 2.05) is 11.8 Å². The molecule has 5 heteroatoms. The van der Waals surface area contributed by atoms with Gasteiger partial charge < -0.3 is 9.64 Å². The summed E-state index contributed by atoms with van der Waals surface area (Å²) in [5, 5.41) is 3.36. The molecule has 1 aromatic rings. The van der Waals surface area contributed by atoms with Crippen LogP contribution >= 0.6 is 11.3 Å². The van der Waals surface area contributed by atoms with Crippen molar-refractivity contribution in [2.75, 3.05) is 19.8 Å². The van der Waals surface area contributed by atoms with Crippen molar-refractivity contribution in [3.8, 4) is 0 Å². The third-order valence-corrected chi connectivity index (χ3v) is 4.38. The monoisotopic (exact) mass is 296 g/mol. The lowest BCUT2D eigenvalue weighted by Gasteiger charge is -2.23. The molecule has 2 unspecified atom stereocenters. The van der Waals surface area contributed by atoms with E-state index in [0.717, 1.165) is 6.61 Å². The van der Waals surface area contributed by atoms with E-state index in [4.69, 9.17) is 4.74 Å². The van der Waals surface area contributed by atoms with Crippen molar-refractivity contribution in [3.05, 3.63) is 21.9 Å². The minimum atomic E-state index is -0.118. The van der Waals surface area contributed by atoms with Crippen LogP contribution in [0.2, 0.25) is 0 Å². The summed E-state index contributed by atoms with van der Waals surface area (Å²) in [6.07, 6.45) is -0.00106. The number of amides is 1. The Hall–Kier alpha value is -0.910. The second-order valence-corrected chi connectivity index (χ2v) is 7.06. The molecule has 0 radical (unpaired) electrons. The van der Waals surface area contributed by atoms with Crippen LogP contribution in [0.15, 0.2) is 12.1 Å². The van der Waals surface area contributed by atoms with Gasteiger partial charge in [0.15, 0.2) is 0 Å². The highest BCUT2D eigenvalue weighted by molar-refractivity contribution is 7.12. The number of nitrogens with one attached hydrogen (secondary N) is 1. The van der Waals surface area contributed by atoms with Gasteiger partial charge >= 0.3 is 0 Å². The summed E-state index contributed by atoms with van der Waals surface area (Å²) in [5.74, 6) is 0.686. The van der Waals surface area contributed by atoms with Gasteiger partial charge in [-0.2, -0.15) is 0 Å². The number of rotatable bonds is 6. The molecule has 1 fully saturated rings. The van der Waals surface area contributed by atoms with Gasteiger partial charge in [-0.25, -0.2) is 0 Å². The Morgan fingerprint density at radius 1 is 1.45 bits per heavy atom. The zero-order chi connectivity index (χ0) is 14.7. The molecule has 0 aliphatic carbocycles. The van der Waals surface area contributed by atoms with Gasteiger partial charge in [-0.15, -0.1) is 11.3 Å². The first-order chi connectivity index (χ1) is 9.49. The van der Waals surface area contributed by atoms with E-state index in [2.05, 4.69) is 38.2 Å². The molecule has 0 spiro atoms. The molecular formula is C15H24N2O2S. The summed E-state index contributed by atoms with van der Waals surface area (Å²) in [4.78, 5) is 16.6. The zero-order valence-corrected chi connectivity index (χ0v) is 13.5. The molecule has 2 heterocycles. The molecular weight excluding hydrogens is 272 g/mol. The predicted octanol–water partition coefficient (Wildman–Crippen LogP) is 2.55. The van der Waals surface area contributed by atoms with Gasteiger partial charge in [-0.05, 0) is 31.9 Å². The van der Waals surface area contributed by atoms with Crippen molar-refractivity contribution < 1.29 is 9.53 Å². The van der Waals surface area contributed by atoms with Gasteiger partial charge in [-0.1, -0.05) is 13.8 Å². The lowest BCUT2D eigenvalue weighted by molar-refractivity contribution is -0.130. The van der Waals surface area contributed by atoms with E-state index in [1.54, 1.807) is 11.3 Å². The van der Waals surface area contributed by atoms with Gasteiger partial charge in [0.05, 0.1) is 12.6 Å². The van der Waals surface area contributed by atoms with E-state index in [1.165, 1.54) is 9.75 Å². The van der Waals surface area contributed by atoms with Crippen LogP contribution in [0.25, 0.3) is 0 Å². The van der Waals surface area contributed by atoms with Crippen molar-refractivity contribution in [2.24, 2.45) is 5.92 Å². The number of nitrogens with zero attached hydrogens (tertiary/aromatic N) is 1. The Morgan fingerprint density at radius 3 is 2.80 bits per heavy atom. The van der Waals surface area contributed by atoms with Gasteiger partial charge in [-0.3, -0.25) is 10.1 Å². The standard InChI is InChI=1S/C15H24N2O2S/c1-10(2)9-19-8-7-17-14(16-12(4)15(17)18)13-6-5-11(3)20-13/h5-6,10,12,14,16H,7-9H2,1-4H3. The number of carbonyl (C=O) groups excluding carboxylic acids is 1. The van der Waals surface area contributed by atoms with Crippen LogP contribution in [0.3, 0.4) is 0 Å². The Labute approximate surface area is 125 Å². The number of aryl methyl sites for hydroxylation is 1. The zero-order valence-electron chi connectivity index (χ0n) is 12.7. The van der Waals surface area contributed by atoms with Gasteiger partial charge in [0.2, 0.25) is 5.91 Å². The molecule has 2 atom stereocenters. The second-order valence-electron chi connectivity index (χ2n) is 5.74. The maximum atomic E-state index is 12.2. The average Bonchev–Trinajstić information content (AvgIpc) is 2.92. The number of hydrogen-bond acceptors (Lipinski definition) is 4. The minimum Gasteiger partial charge on any atom is -0.379 e. The first-order valence-electron chi connectivity index (χ1n) is 7.19. The predicted molar refractivity (Wildman–Crippen MR) is 81.8 cm³/mol. The first kappa shape index (κ1) is 15.5. The van der Waals surface area contributed by atoms with Crippen LogP contribution < -0.4 is 5.32 Å². The molecule has 20 heavy (non-hydrogen) atoms. The van der Waals surface area contributed by atoms with Gasteiger partial charge in [0.25, 0.3) is 0 Å². The average molecular weight is 296 g/mol. The van der Waals surface area contributed by atoms with Crippen LogP contribution in [0, 0.1) is 12.8 Å². The normalized spacial score (nSPS) is 23.1. The number of hydrogen-bond donors (Lipinski definition) is 1. The van der Waals surface area contributed by atoms with E-state index in [0.29, 0.717) is 19.1 Å². The Morgan fingerprint density at radius 2 is 2.20 bits per heavy atom. The number of ether oxygens (including phenoxy) is 1. The molecule has 2 rings (SSSR count). The topological polar surface area (TPSA) is 41.6 Å². The van der Waals surface area contributed by atoms with E-state index in [-0.39, 0.29) is 18.1 Å². The van der Waals surface area contributed by atoms with E-state index < -0.39 is 0 Å². The van der Waals surface area contributed by atoms with E-state index in [9.17, 15) is 4.79 Å². The highest BCUT2D eigenvalue weighted by Gasteiger charge is 2.37. The van der Waals surface area contributed by atoms with Crippen LogP contribution in [-0.2, 0) is 9.53 Å². The lowest BCUT2D eigenvalue weighted by Crippen LogP contribution is -2.33. The van der Waals surface area contributed by atoms with E-state index >= 15 is 0 Å². The summed E-state index contributed by atoms with van der Waals surface area (Å²) in [6, 6.07) is 4.08. The van der Waals surface area contributed by atoms with Crippen LogP contribution in [0.5, 0.6) is 0 Å². The van der Waals surface area contributed by atoms with Crippen molar-refractivity contribution in [3.63, 3.8) is 0 Å². The largest absolute Gasteiger partial charge is 0.379 e. The molecule has 0 bridgehead atoms. The van der Waals surface area contributed by atoms with Crippen molar-refractivity contribution in [1.82, 2.24) is 10.2 Å². The molecule has 1 aliphatic heterocycles. The number of thiophene rings is 1. The Bertz CT molecular complexity index is 458. The molecule has 1 aliphatic rings. The number of carbonyl (C=O) groups is 1. The molecule has 1 N–H and O–H groups in total. The molecule has 1 saturated heterocycles. The van der Waals surface area contributed by atoms with Crippen molar-refractivity contribution >= 4 is 17.2 Å². The maximum absolute atomic E-state index is 12.2. The van der Waals surface area contributed by atoms with Crippen molar-refractivity contribution in [2.45, 2.75) is 39.9 Å². The maximum Gasteiger partial charge on any atom is 0.241 e. The fourth-order valence-electron chi connectivity index (χ4n) is 2.33. The summed E-state index contributed by atoms with van der Waals surface area (Å²) in [5.41, 5.74) is 0. The van der Waals surface area contributed by atoms with Crippen LogP contribution in [0.1, 0.15) is 36.7 Å². The summed E-state index contributed by atoms with van der Waals surface area (Å²) in [6.45, 7) is 10.2. The Balaban J connectivity index is 1.97. The van der Waals surface area contributed by atoms with Crippen LogP contribution in [-0.4, -0.2) is 36.6 Å². The highest BCUT2D eigenvalue weighted by atomic mass is 32.1. The quantitative estimate of drug-likeness (QED) is 0.820. The summed E-state index contributed by atoms with van der Waals surface area (Å²) < 4.78 is 5.61. The SMILES string of the molecule is Cc1ccc(C2NC(C)C(=O)N2CCOCC(C)C)s1. The molecule has 0 saturated carbocycles. The molecule has 112 valence electrons. The third-order valence-electron chi connectivity index (χ3n) is 3.33. The summed E-state index contributed by atoms with van der Waals surface area (Å²) >= 11 is 1.74. The summed E-state index contributed by atoms with van der Waals surface area (Å²) in [7, 11) is 0. The Kier molecular flexibility index (Phi) is 5.18. The minimum absolute atomic E-state index is 0.00106. The molecule has 1 aromatic heterocycles. The highest BCUT2D eigenvalue weighted by Crippen LogP contribution is 2.30. The van der Waals surface area contributed by atoms with Gasteiger partial charge in [0.1, 0.15) is 6.17 Å². The first-order valence-corrected chi connectivity index (χ1v) is 8.01. The smallest absolute Gasteiger partial charge is 0.241 e. The fourth-order valence-corrected chi connectivity index (χ4v) is 3.28. The lowest BCUT2D eigenvalue weighted by atomic mass is 10.2. The molecule has 4 nitrogen and oxygen atoms in total. The molecule has 0 aromatic carbocycles. The fraction of sp³-hybridized carbons (Fsp3) is 0.667. The van der Waals surface area contributed by atoms with Crippen molar-refractivity contribution in [1.29, 1.82) is 0 Å². The molecule has 1 amide bonds. The van der Waals surface area contributed by atoms with Gasteiger partial charge in [0, 0.05) is 22.9 Å². The van der Waals surface area contributed by atoms with Crippen LogP contribution in [0.4, 0.5) is 0 Å². The third kappa shape index (κ3) is 3.59.